The van der Waals surface area contributed by atoms with E-state index in [1.165, 1.54) is 0 Å². The molecular formula is C15H14ClN3O3. The highest BCUT2D eigenvalue weighted by Crippen LogP contribution is 2.27. The quantitative estimate of drug-likeness (QED) is 0.685. The van der Waals surface area contributed by atoms with Crippen molar-refractivity contribution in [3.05, 3.63) is 29.3 Å². The van der Waals surface area contributed by atoms with Gasteiger partial charge in [-0.2, -0.15) is 0 Å². The molecule has 2 aliphatic rings. The second-order valence-electron chi connectivity index (χ2n) is 5.38. The van der Waals surface area contributed by atoms with Gasteiger partial charge in [0, 0.05) is 10.7 Å². The number of hydrogen-bond acceptors (Lipinski definition) is 4. The van der Waals surface area contributed by atoms with E-state index in [2.05, 4.69) is 10.3 Å². The minimum Gasteiger partial charge on any atom is -0.290 e. The third kappa shape index (κ3) is 2.74. The molecule has 2 fully saturated rings. The summed E-state index contributed by atoms with van der Waals surface area (Å²) in [5.41, 5.74) is 0.806. The van der Waals surface area contributed by atoms with Crippen molar-refractivity contribution in [2.75, 3.05) is 4.90 Å². The smallest absolute Gasteiger partial charge is 0.290 e. The Morgan fingerprint density at radius 1 is 1.23 bits per heavy atom. The number of urea groups is 1. The number of carbonyl (C=O) groups is 3. The van der Waals surface area contributed by atoms with Crippen LogP contribution in [0.4, 0.5) is 10.5 Å². The van der Waals surface area contributed by atoms with E-state index in [1.807, 2.05) is 0 Å². The summed E-state index contributed by atoms with van der Waals surface area (Å²) in [6, 6.07) is 5.71. The van der Waals surface area contributed by atoms with Gasteiger partial charge < -0.3 is 0 Å². The summed E-state index contributed by atoms with van der Waals surface area (Å²) >= 11 is 5.81. The first-order chi connectivity index (χ1) is 10.5. The Hall–Kier alpha value is -2.21. The Morgan fingerprint density at radius 2 is 1.86 bits per heavy atom. The number of nitrogens with zero attached hydrogens (tertiary/aromatic N) is 2. The Morgan fingerprint density at radius 3 is 2.45 bits per heavy atom. The van der Waals surface area contributed by atoms with Crippen LogP contribution in [0, 0.1) is 5.92 Å². The number of carbonyl (C=O) groups excluding carboxylic acids is 3. The highest BCUT2D eigenvalue weighted by Gasteiger charge is 2.43. The van der Waals surface area contributed by atoms with Crippen LogP contribution >= 0.6 is 11.6 Å². The van der Waals surface area contributed by atoms with Crippen LogP contribution in [0.15, 0.2) is 29.3 Å². The molecule has 4 amide bonds. The van der Waals surface area contributed by atoms with E-state index in [0.29, 0.717) is 16.4 Å². The molecule has 0 bridgehead atoms. The number of anilines is 1. The molecule has 7 heteroatoms. The lowest BCUT2D eigenvalue weighted by Gasteiger charge is -2.30. The number of amides is 4. The molecule has 0 spiro atoms. The van der Waals surface area contributed by atoms with Gasteiger partial charge in [0.15, 0.2) is 5.92 Å². The molecule has 22 heavy (non-hydrogen) atoms. The Kier molecular flexibility index (Phi) is 3.70. The van der Waals surface area contributed by atoms with Gasteiger partial charge in [0.05, 0.1) is 11.7 Å². The van der Waals surface area contributed by atoms with Gasteiger partial charge >= 0.3 is 6.03 Å². The zero-order valence-electron chi connectivity index (χ0n) is 11.9. The van der Waals surface area contributed by atoms with Crippen LogP contribution in [0.1, 0.15) is 19.8 Å². The molecule has 6 nitrogen and oxygen atoms in total. The normalized spacial score (nSPS) is 22.8. The molecule has 114 valence electrons. The van der Waals surface area contributed by atoms with E-state index in [0.717, 1.165) is 17.7 Å². The molecule has 1 aliphatic carbocycles. The molecule has 1 heterocycles. The predicted molar refractivity (Wildman–Crippen MR) is 82.1 cm³/mol. The number of imide groups is 2. The van der Waals surface area contributed by atoms with E-state index >= 15 is 0 Å². The van der Waals surface area contributed by atoms with Crippen LogP contribution in [-0.4, -0.2) is 29.6 Å². The molecule has 1 saturated carbocycles. The van der Waals surface area contributed by atoms with Gasteiger partial charge in [0.1, 0.15) is 0 Å². The standard InChI is InChI=1S/C15H14ClN3O3/c1-8(17-10-4-5-10)12-13(20)18-15(22)19(14(12)21)11-6-2-9(16)3-7-11/h2-3,6-7,10,12H,4-5H2,1H3,(H,18,20,22). The Labute approximate surface area is 132 Å². The summed E-state index contributed by atoms with van der Waals surface area (Å²) in [5, 5.41) is 2.70. The van der Waals surface area contributed by atoms with Crippen molar-refractivity contribution in [3.63, 3.8) is 0 Å². The van der Waals surface area contributed by atoms with Gasteiger partial charge in [-0.3, -0.25) is 19.9 Å². The molecule has 1 aromatic carbocycles. The van der Waals surface area contributed by atoms with Gasteiger partial charge in [0.25, 0.3) is 5.91 Å². The average molecular weight is 320 g/mol. The van der Waals surface area contributed by atoms with Gasteiger partial charge in [-0.1, -0.05) is 11.6 Å². The summed E-state index contributed by atoms with van der Waals surface area (Å²) in [7, 11) is 0. The molecule has 1 saturated heterocycles. The van der Waals surface area contributed by atoms with Crippen molar-refractivity contribution < 1.29 is 14.4 Å². The number of rotatable bonds is 3. The molecule has 1 aromatic rings. The molecule has 1 aliphatic heterocycles. The van der Waals surface area contributed by atoms with Crippen molar-refractivity contribution in [1.82, 2.24) is 5.32 Å². The van der Waals surface area contributed by atoms with Crippen molar-refractivity contribution in [2.24, 2.45) is 10.9 Å². The van der Waals surface area contributed by atoms with E-state index in [4.69, 9.17) is 11.6 Å². The van der Waals surface area contributed by atoms with Crippen molar-refractivity contribution >= 4 is 40.8 Å². The van der Waals surface area contributed by atoms with Crippen LogP contribution in [0.3, 0.4) is 0 Å². The first-order valence-electron chi connectivity index (χ1n) is 6.96. The maximum absolute atomic E-state index is 12.6. The van der Waals surface area contributed by atoms with Crippen LogP contribution in [-0.2, 0) is 9.59 Å². The first-order valence-corrected chi connectivity index (χ1v) is 7.34. The highest BCUT2D eigenvalue weighted by molar-refractivity contribution is 6.35. The van der Waals surface area contributed by atoms with Crippen LogP contribution in [0.5, 0.6) is 0 Å². The molecule has 1 atom stereocenters. The third-order valence-corrected chi connectivity index (χ3v) is 3.85. The van der Waals surface area contributed by atoms with Crippen molar-refractivity contribution in [1.29, 1.82) is 0 Å². The fraction of sp³-hybridized carbons (Fsp3) is 0.333. The largest absolute Gasteiger partial charge is 0.335 e. The zero-order valence-corrected chi connectivity index (χ0v) is 12.6. The maximum atomic E-state index is 12.6. The third-order valence-electron chi connectivity index (χ3n) is 3.60. The summed E-state index contributed by atoms with van der Waals surface area (Å²) in [6.45, 7) is 1.65. The summed E-state index contributed by atoms with van der Waals surface area (Å²) in [4.78, 5) is 41.9. The number of barbiturate groups is 1. The Bertz CT molecular complexity index is 680. The van der Waals surface area contributed by atoms with Crippen LogP contribution in [0.2, 0.25) is 5.02 Å². The van der Waals surface area contributed by atoms with Crippen LogP contribution < -0.4 is 10.2 Å². The first kappa shape index (κ1) is 14.7. The van der Waals surface area contributed by atoms with E-state index in [9.17, 15) is 14.4 Å². The second-order valence-corrected chi connectivity index (χ2v) is 5.82. The lowest BCUT2D eigenvalue weighted by molar-refractivity contribution is -0.131. The molecule has 0 aromatic heterocycles. The lowest BCUT2D eigenvalue weighted by atomic mass is 9.99. The zero-order chi connectivity index (χ0) is 15.9. The van der Waals surface area contributed by atoms with Crippen LogP contribution in [0.25, 0.3) is 0 Å². The summed E-state index contributed by atoms with van der Waals surface area (Å²) < 4.78 is 0. The van der Waals surface area contributed by atoms with E-state index in [-0.39, 0.29) is 6.04 Å². The van der Waals surface area contributed by atoms with Gasteiger partial charge in [-0.25, -0.2) is 9.69 Å². The predicted octanol–water partition coefficient (Wildman–Crippen LogP) is 2.16. The number of halogens is 1. The highest BCUT2D eigenvalue weighted by atomic mass is 35.5. The monoisotopic (exact) mass is 319 g/mol. The van der Waals surface area contributed by atoms with E-state index in [1.54, 1.807) is 31.2 Å². The van der Waals surface area contributed by atoms with Gasteiger partial charge in [-0.05, 0) is 44.0 Å². The SMILES string of the molecule is CC(=NC1CC1)C1C(=O)NC(=O)N(c2ccc(Cl)cc2)C1=O. The minimum absolute atomic E-state index is 0.196. The van der Waals surface area contributed by atoms with Crippen molar-refractivity contribution in [3.8, 4) is 0 Å². The van der Waals surface area contributed by atoms with E-state index < -0.39 is 23.8 Å². The molecule has 1 unspecified atom stereocenters. The number of aliphatic imine (C=N–C) groups is 1. The molecule has 0 radical (unpaired) electrons. The fourth-order valence-corrected chi connectivity index (χ4v) is 2.47. The molecular weight excluding hydrogens is 306 g/mol. The molecule has 1 N–H and O–H groups in total. The summed E-state index contributed by atoms with van der Waals surface area (Å²) in [6.07, 6.45) is 1.94. The number of nitrogens with one attached hydrogen (secondary N) is 1. The lowest BCUT2D eigenvalue weighted by Crippen LogP contribution is -2.60. The van der Waals surface area contributed by atoms with Gasteiger partial charge in [-0.15, -0.1) is 0 Å². The summed E-state index contributed by atoms with van der Waals surface area (Å²) in [5.74, 6) is -2.27. The molecule has 3 rings (SSSR count). The topological polar surface area (TPSA) is 78.8 Å². The minimum atomic E-state index is -1.06. The fourth-order valence-electron chi connectivity index (χ4n) is 2.34. The maximum Gasteiger partial charge on any atom is 0.335 e. The Balaban J connectivity index is 1.93. The number of hydrogen-bond donors (Lipinski definition) is 1. The van der Waals surface area contributed by atoms with Gasteiger partial charge in [0.2, 0.25) is 5.91 Å². The average Bonchev–Trinajstić information content (AvgIpc) is 3.24. The second kappa shape index (κ2) is 5.53. The number of benzene rings is 1. The van der Waals surface area contributed by atoms with Crippen molar-refractivity contribution in [2.45, 2.75) is 25.8 Å².